The zero-order valence-corrected chi connectivity index (χ0v) is 12.7. The second kappa shape index (κ2) is 5.28. The van der Waals surface area contributed by atoms with Gasteiger partial charge in [0.1, 0.15) is 5.25 Å². The van der Waals surface area contributed by atoms with Gasteiger partial charge in [0.15, 0.2) is 15.6 Å². The van der Waals surface area contributed by atoms with E-state index in [1.54, 1.807) is 42.5 Å². The first-order chi connectivity index (χ1) is 9.97. The van der Waals surface area contributed by atoms with Crippen molar-refractivity contribution in [2.75, 3.05) is 0 Å². The molecule has 1 aliphatic carbocycles. The summed E-state index contributed by atoms with van der Waals surface area (Å²) in [6, 6.07) is 13.8. The van der Waals surface area contributed by atoms with Gasteiger partial charge in [0.2, 0.25) is 0 Å². The minimum absolute atomic E-state index is 0.119. The van der Waals surface area contributed by atoms with Crippen LogP contribution in [0.1, 0.15) is 21.5 Å². The fourth-order valence-electron chi connectivity index (χ4n) is 2.63. The van der Waals surface area contributed by atoms with E-state index >= 15 is 0 Å². The van der Waals surface area contributed by atoms with Crippen molar-refractivity contribution in [3.63, 3.8) is 0 Å². The van der Waals surface area contributed by atoms with Crippen LogP contribution in [0.4, 0.5) is 0 Å². The van der Waals surface area contributed by atoms with Crippen molar-refractivity contribution in [3.8, 4) is 0 Å². The third-order valence-corrected chi connectivity index (χ3v) is 5.89. The Kier molecular flexibility index (Phi) is 3.59. The highest BCUT2D eigenvalue weighted by Gasteiger charge is 2.39. The molecule has 0 bridgehead atoms. The lowest BCUT2D eigenvalue weighted by atomic mass is 10.1. The minimum atomic E-state index is -3.54. The third-order valence-electron chi connectivity index (χ3n) is 3.67. The average molecular weight is 321 g/mol. The van der Waals surface area contributed by atoms with Crippen LogP contribution in [0.5, 0.6) is 0 Å². The summed E-state index contributed by atoms with van der Waals surface area (Å²) in [6.45, 7) is 0. The van der Waals surface area contributed by atoms with Crippen LogP contribution in [0.25, 0.3) is 0 Å². The van der Waals surface area contributed by atoms with Crippen molar-refractivity contribution in [2.45, 2.75) is 17.4 Å². The summed E-state index contributed by atoms with van der Waals surface area (Å²) in [6.07, 6.45) is 0.212. The number of carbonyl (C=O) groups excluding carboxylic acids is 1. The Bertz CT molecular complexity index is 798. The predicted molar refractivity (Wildman–Crippen MR) is 82.3 cm³/mol. The molecule has 3 rings (SSSR count). The van der Waals surface area contributed by atoms with E-state index < -0.39 is 15.1 Å². The van der Waals surface area contributed by atoms with Crippen LogP contribution >= 0.6 is 11.6 Å². The van der Waals surface area contributed by atoms with Crippen LogP contribution in [0.3, 0.4) is 0 Å². The molecule has 2 aromatic rings. The molecule has 0 aromatic heterocycles. The summed E-state index contributed by atoms with van der Waals surface area (Å²) in [7, 11) is -3.54. The van der Waals surface area contributed by atoms with Gasteiger partial charge in [-0.25, -0.2) is 8.42 Å². The fourth-order valence-corrected chi connectivity index (χ4v) is 4.57. The zero-order chi connectivity index (χ0) is 15.0. The first-order valence-corrected chi connectivity index (χ1v) is 8.65. The lowest BCUT2D eigenvalue weighted by molar-refractivity contribution is 0.0998. The molecule has 0 heterocycles. The fraction of sp³-hybridized carbons (Fsp3) is 0.188. The molecule has 0 saturated carbocycles. The second-order valence-electron chi connectivity index (χ2n) is 5.15. The molecular formula is C16H13ClO3S. The Hall–Kier alpha value is -1.65. The molecule has 108 valence electrons. The first kappa shape index (κ1) is 14.3. The maximum atomic E-state index is 12.5. The molecule has 0 fully saturated rings. The number of sulfone groups is 1. The highest BCUT2D eigenvalue weighted by Crippen LogP contribution is 2.30. The quantitative estimate of drug-likeness (QED) is 0.873. The number of halogens is 1. The van der Waals surface area contributed by atoms with Crippen LogP contribution in [-0.4, -0.2) is 19.5 Å². The van der Waals surface area contributed by atoms with Gasteiger partial charge >= 0.3 is 0 Å². The molecule has 1 atom stereocenters. The van der Waals surface area contributed by atoms with Crippen molar-refractivity contribution in [2.24, 2.45) is 0 Å². The Morgan fingerprint density at radius 1 is 1.10 bits per heavy atom. The topological polar surface area (TPSA) is 51.2 Å². The third kappa shape index (κ3) is 2.74. The van der Waals surface area contributed by atoms with Crippen molar-refractivity contribution in [1.29, 1.82) is 0 Å². The Morgan fingerprint density at radius 2 is 1.81 bits per heavy atom. The zero-order valence-electron chi connectivity index (χ0n) is 11.1. The standard InChI is InChI=1S/C16H13ClO3S/c17-13-6-7-14-12(8-13)9-15(16(14)18)21(19,20)10-11-4-2-1-3-5-11/h1-8,15H,9-10H2. The Labute approximate surface area is 128 Å². The van der Waals surface area contributed by atoms with E-state index in [-0.39, 0.29) is 18.0 Å². The monoisotopic (exact) mass is 320 g/mol. The van der Waals surface area contributed by atoms with Gasteiger partial charge in [-0.1, -0.05) is 41.9 Å². The normalized spacial score (nSPS) is 17.8. The summed E-state index contributed by atoms with van der Waals surface area (Å²) in [5.74, 6) is -0.441. The molecule has 3 nitrogen and oxygen atoms in total. The van der Waals surface area contributed by atoms with Gasteiger partial charge in [0.05, 0.1) is 5.75 Å². The highest BCUT2D eigenvalue weighted by molar-refractivity contribution is 7.92. The molecule has 0 saturated heterocycles. The lowest BCUT2D eigenvalue weighted by Crippen LogP contribution is -2.28. The summed E-state index contributed by atoms with van der Waals surface area (Å²) < 4.78 is 25.0. The van der Waals surface area contributed by atoms with Crippen LogP contribution in [-0.2, 0) is 22.0 Å². The van der Waals surface area contributed by atoms with Crippen molar-refractivity contribution >= 4 is 27.2 Å². The smallest absolute Gasteiger partial charge is 0.181 e. The SMILES string of the molecule is O=C1c2ccc(Cl)cc2CC1S(=O)(=O)Cc1ccccc1. The number of benzene rings is 2. The van der Waals surface area contributed by atoms with Crippen LogP contribution in [0.2, 0.25) is 5.02 Å². The van der Waals surface area contributed by atoms with Gasteiger partial charge in [-0.05, 0) is 35.7 Å². The largest absolute Gasteiger partial charge is 0.293 e. The van der Waals surface area contributed by atoms with E-state index in [0.717, 1.165) is 0 Å². The summed E-state index contributed by atoms with van der Waals surface area (Å²) >= 11 is 5.90. The lowest BCUT2D eigenvalue weighted by Gasteiger charge is -2.10. The van der Waals surface area contributed by atoms with Gasteiger partial charge in [0, 0.05) is 10.6 Å². The van der Waals surface area contributed by atoms with E-state index in [0.29, 0.717) is 21.7 Å². The van der Waals surface area contributed by atoms with Crippen LogP contribution in [0.15, 0.2) is 48.5 Å². The Balaban J connectivity index is 1.90. The number of fused-ring (bicyclic) bond motifs is 1. The molecule has 2 aromatic carbocycles. The molecular weight excluding hydrogens is 308 g/mol. The number of ketones is 1. The maximum Gasteiger partial charge on any atom is 0.181 e. The molecule has 0 radical (unpaired) electrons. The molecule has 5 heteroatoms. The molecule has 1 aliphatic rings. The molecule has 0 spiro atoms. The van der Waals surface area contributed by atoms with Crippen molar-refractivity contribution < 1.29 is 13.2 Å². The van der Waals surface area contributed by atoms with E-state index in [1.807, 2.05) is 6.07 Å². The summed E-state index contributed by atoms with van der Waals surface area (Å²) in [5.41, 5.74) is 1.88. The van der Waals surface area contributed by atoms with E-state index in [1.165, 1.54) is 0 Å². The first-order valence-electron chi connectivity index (χ1n) is 6.55. The summed E-state index contributed by atoms with van der Waals surface area (Å²) in [4.78, 5) is 12.3. The average Bonchev–Trinajstić information content (AvgIpc) is 2.77. The number of rotatable bonds is 3. The number of hydrogen-bond donors (Lipinski definition) is 0. The minimum Gasteiger partial charge on any atom is -0.293 e. The van der Waals surface area contributed by atoms with E-state index in [2.05, 4.69) is 0 Å². The second-order valence-corrected chi connectivity index (χ2v) is 7.77. The predicted octanol–water partition coefficient (Wildman–Crippen LogP) is 3.06. The van der Waals surface area contributed by atoms with Crippen molar-refractivity contribution in [1.82, 2.24) is 0 Å². The van der Waals surface area contributed by atoms with Crippen LogP contribution in [0, 0.1) is 0 Å². The van der Waals surface area contributed by atoms with Crippen molar-refractivity contribution in [3.05, 3.63) is 70.2 Å². The van der Waals surface area contributed by atoms with Gasteiger partial charge in [-0.15, -0.1) is 0 Å². The number of carbonyl (C=O) groups is 1. The van der Waals surface area contributed by atoms with Gasteiger partial charge in [0.25, 0.3) is 0 Å². The number of Topliss-reactive ketones (excluding diaryl/α,β-unsaturated/α-hetero) is 1. The number of hydrogen-bond acceptors (Lipinski definition) is 3. The molecule has 21 heavy (non-hydrogen) atoms. The van der Waals surface area contributed by atoms with E-state index in [4.69, 9.17) is 11.6 Å². The molecule has 0 amide bonds. The Morgan fingerprint density at radius 3 is 2.52 bits per heavy atom. The van der Waals surface area contributed by atoms with E-state index in [9.17, 15) is 13.2 Å². The van der Waals surface area contributed by atoms with Gasteiger partial charge in [-0.3, -0.25) is 4.79 Å². The highest BCUT2D eigenvalue weighted by atomic mass is 35.5. The maximum absolute atomic E-state index is 12.5. The molecule has 0 N–H and O–H groups in total. The molecule has 0 aliphatic heterocycles. The molecule has 1 unspecified atom stereocenters. The van der Waals surface area contributed by atoms with Gasteiger partial charge in [-0.2, -0.15) is 0 Å². The van der Waals surface area contributed by atoms with Gasteiger partial charge < -0.3 is 0 Å². The summed E-state index contributed by atoms with van der Waals surface area (Å²) in [5, 5.41) is -0.478. The van der Waals surface area contributed by atoms with Crippen LogP contribution < -0.4 is 0 Å².